The molecule has 2 N–H and O–H groups in total. The predicted octanol–water partition coefficient (Wildman–Crippen LogP) is 1.42. The Morgan fingerprint density at radius 1 is 1.08 bits per heavy atom. The summed E-state index contributed by atoms with van der Waals surface area (Å²) in [6.45, 7) is 0.230. The Hall–Kier alpha value is -3.55. The number of rotatable bonds is 6. The SMILES string of the molecule is O=C(CCNC(=O)c1ccc(-n2ccnc2)nc1)Nc1cccnc1. The molecule has 126 valence electrons. The van der Waals surface area contributed by atoms with Crippen LogP contribution in [0, 0.1) is 0 Å². The third-order valence-corrected chi connectivity index (χ3v) is 3.36. The van der Waals surface area contributed by atoms with Crippen molar-refractivity contribution >= 4 is 17.5 Å². The molecule has 0 aliphatic rings. The van der Waals surface area contributed by atoms with Crippen LogP contribution in [-0.4, -0.2) is 37.9 Å². The van der Waals surface area contributed by atoms with Crippen LogP contribution < -0.4 is 10.6 Å². The summed E-state index contributed by atoms with van der Waals surface area (Å²) in [5, 5.41) is 5.40. The zero-order valence-corrected chi connectivity index (χ0v) is 13.3. The lowest BCUT2D eigenvalue weighted by atomic mass is 10.2. The minimum Gasteiger partial charge on any atom is -0.351 e. The van der Waals surface area contributed by atoms with E-state index >= 15 is 0 Å². The summed E-state index contributed by atoms with van der Waals surface area (Å²) in [6, 6.07) is 6.88. The molecule has 3 heterocycles. The zero-order valence-electron chi connectivity index (χ0n) is 13.3. The average molecular weight is 336 g/mol. The van der Waals surface area contributed by atoms with E-state index in [0.717, 1.165) is 0 Å². The van der Waals surface area contributed by atoms with Gasteiger partial charge >= 0.3 is 0 Å². The minimum absolute atomic E-state index is 0.168. The Labute approximate surface area is 144 Å². The van der Waals surface area contributed by atoms with Gasteiger partial charge in [-0.25, -0.2) is 9.97 Å². The molecule has 0 unspecified atom stereocenters. The molecule has 8 nitrogen and oxygen atoms in total. The minimum atomic E-state index is -0.279. The van der Waals surface area contributed by atoms with Crippen LogP contribution >= 0.6 is 0 Å². The van der Waals surface area contributed by atoms with Gasteiger partial charge in [0.05, 0.1) is 17.4 Å². The highest BCUT2D eigenvalue weighted by atomic mass is 16.2. The van der Waals surface area contributed by atoms with Gasteiger partial charge in [0, 0.05) is 37.8 Å². The summed E-state index contributed by atoms with van der Waals surface area (Å²) in [5.74, 6) is 0.200. The van der Waals surface area contributed by atoms with Crippen molar-refractivity contribution in [2.45, 2.75) is 6.42 Å². The second kappa shape index (κ2) is 7.82. The lowest BCUT2D eigenvalue weighted by molar-refractivity contribution is -0.116. The van der Waals surface area contributed by atoms with Crippen molar-refractivity contribution in [3.05, 3.63) is 67.1 Å². The summed E-state index contributed by atoms with van der Waals surface area (Å²) in [4.78, 5) is 35.9. The first-order chi connectivity index (χ1) is 12.2. The van der Waals surface area contributed by atoms with Crippen molar-refractivity contribution in [3.8, 4) is 5.82 Å². The second-order valence-corrected chi connectivity index (χ2v) is 5.17. The van der Waals surface area contributed by atoms with Crippen LogP contribution in [0.25, 0.3) is 5.82 Å². The van der Waals surface area contributed by atoms with E-state index in [1.807, 2.05) is 0 Å². The van der Waals surface area contributed by atoms with Gasteiger partial charge in [0.25, 0.3) is 5.91 Å². The Morgan fingerprint density at radius 3 is 2.68 bits per heavy atom. The topological polar surface area (TPSA) is 102 Å². The van der Waals surface area contributed by atoms with Crippen LogP contribution in [0.15, 0.2) is 61.6 Å². The van der Waals surface area contributed by atoms with E-state index in [4.69, 9.17) is 0 Å². The van der Waals surface area contributed by atoms with E-state index in [-0.39, 0.29) is 24.8 Å². The number of anilines is 1. The van der Waals surface area contributed by atoms with Gasteiger partial charge in [0.15, 0.2) is 0 Å². The van der Waals surface area contributed by atoms with Crippen molar-refractivity contribution < 1.29 is 9.59 Å². The number of hydrogen-bond acceptors (Lipinski definition) is 5. The number of carbonyl (C=O) groups excluding carboxylic acids is 2. The number of aromatic nitrogens is 4. The molecule has 8 heteroatoms. The van der Waals surface area contributed by atoms with Crippen molar-refractivity contribution in [2.24, 2.45) is 0 Å². The van der Waals surface area contributed by atoms with E-state index in [2.05, 4.69) is 25.6 Å². The maximum absolute atomic E-state index is 12.1. The van der Waals surface area contributed by atoms with Gasteiger partial charge in [-0.3, -0.25) is 19.1 Å². The van der Waals surface area contributed by atoms with Crippen molar-refractivity contribution in [1.82, 2.24) is 24.8 Å². The maximum atomic E-state index is 12.1. The molecule has 0 aromatic carbocycles. The van der Waals surface area contributed by atoms with Gasteiger partial charge in [-0.2, -0.15) is 0 Å². The molecule has 3 aromatic rings. The van der Waals surface area contributed by atoms with Crippen LogP contribution in [0.4, 0.5) is 5.69 Å². The van der Waals surface area contributed by atoms with Crippen LogP contribution in [0.1, 0.15) is 16.8 Å². The van der Waals surface area contributed by atoms with E-state index in [1.165, 1.54) is 6.20 Å². The smallest absolute Gasteiger partial charge is 0.252 e. The van der Waals surface area contributed by atoms with Gasteiger partial charge < -0.3 is 10.6 Å². The van der Waals surface area contributed by atoms with Crippen molar-refractivity contribution in [3.63, 3.8) is 0 Å². The highest BCUT2D eigenvalue weighted by Gasteiger charge is 2.08. The third-order valence-electron chi connectivity index (χ3n) is 3.36. The Balaban J connectivity index is 1.47. The quantitative estimate of drug-likeness (QED) is 0.709. The van der Waals surface area contributed by atoms with Crippen molar-refractivity contribution in [2.75, 3.05) is 11.9 Å². The standard InChI is InChI=1S/C17H16N6O2/c24-16(22-14-2-1-6-18-11-14)5-7-20-17(25)13-3-4-15(21-10-13)23-9-8-19-12-23/h1-4,6,8-12H,5,7H2,(H,20,25)(H,22,24). The first kappa shape index (κ1) is 16.3. The maximum Gasteiger partial charge on any atom is 0.252 e. The number of nitrogens with one attached hydrogen (secondary N) is 2. The number of carbonyl (C=O) groups is 2. The number of amides is 2. The monoisotopic (exact) mass is 336 g/mol. The van der Waals surface area contributed by atoms with E-state index < -0.39 is 0 Å². The summed E-state index contributed by atoms with van der Waals surface area (Å²) >= 11 is 0. The predicted molar refractivity (Wildman–Crippen MR) is 91.2 cm³/mol. The molecule has 0 saturated heterocycles. The summed E-state index contributed by atoms with van der Waals surface area (Å²) in [6.07, 6.45) is 9.89. The van der Waals surface area contributed by atoms with E-state index in [0.29, 0.717) is 17.1 Å². The van der Waals surface area contributed by atoms with Gasteiger partial charge in [-0.05, 0) is 24.3 Å². The van der Waals surface area contributed by atoms with Crippen LogP contribution in [0.5, 0.6) is 0 Å². The van der Waals surface area contributed by atoms with Crippen LogP contribution in [-0.2, 0) is 4.79 Å². The molecule has 0 bridgehead atoms. The first-order valence-corrected chi connectivity index (χ1v) is 7.65. The highest BCUT2D eigenvalue weighted by molar-refractivity contribution is 5.95. The Morgan fingerprint density at radius 2 is 2.00 bits per heavy atom. The lowest BCUT2D eigenvalue weighted by Gasteiger charge is -2.07. The summed E-state index contributed by atoms with van der Waals surface area (Å²) < 4.78 is 1.74. The highest BCUT2D eigenvalue weighted by Crippen LogP contribution is 2.06. The Bertz CT molecular complexity index is 831. The zero-order chi connectivity index (χ0) is 17.5. The third kappa shape index (κ3) is 4.47. The van der Waals surface area contributed by atoms with Gasteiger partial charge in [0.1, 0.15) is 12.1 Å². The molecule has 0 fully saturated rings. The molecule has 0 saturated carbocycles. The fourth-order valence-corrected chi connectivity index (χ4v) is 2.12. The molecule has 0 spiro atoms. The largest absolute Gasteiger partial charge is 0.351 e. The summed E-state index contributed by atoms with van der Waals surface area (Å²) in [7, 11) is 0. The van der Waals surface area contributed by atoms with E-state index in [1.54, 1.807) is 59.9 Å². The molecule has 3 aromatic heterocycles. The van der Waals surface area contributed by atoms with Gasteiger partial charge in [0.2, 0.25) is 5.91 Å². The molecule has 0 aliphatic heterocycles. The fourth-order valence-electron chi connectivity index (χ4n) is 2.12. The average Bonchev–Trinajstić information content (AvgIpc) is 3.17. The van der Waals surface area contributed by atoms with Crippen LogP contribution in [0.3, 0.4) is 0 Å². The molecule has 25 heavy (non-hydrogen) atoms. The first-order valence-electron chi connectivity index (χ1n) is 7.65. The molecule has 3 rings (SSSR count). The number of imidazole rings is 1. The molecule has 0 atom stereocenters. The normalized spacial score (nSPS) is 10.2. The number of pyridine rings is 2. The Kier molecular flexibility index (Phi) is 5.10. The molecular formula is C17H16N6O2. The molecule has 2 amide bonds. The second-order valence-electron chi connectivity index (χ2n) is 5.17. The molecule has 0 radical (unpaired) electrons. The van der Waals surface area contributed by atoms with Gasteiger partial charge in [-0.15, -0.1) is 0 Å². The van der Waals surface area contributed by atoms with Gasteiger partial charge in [-0.1, -0.05) is 0 Å². The number of nitrogens with zero attached hydrogens (tertiary/aromatic N) is 4. The fraction of sp³-hybridized carbons (Fsp3) is 0.118. The number of hydrogen-bond donors (Lipinski definition) is 2. The molecule has 0 aliphatic carbocycles. The molecular weight excluding hydrogens is 320 g/mol. The van der Waals surface area contributed by atoms with Crippen LogP contribution in [0.2, 0.25) is 0 Å². The lowest BCUT2D eigenvalue weighted by Crippen LogP contribution is -2.27. The van der Waals surface area contributed by atoms with E-state index in [9.17, 15) is 9.59 Å². The summed E-state index contributed by atoms with van der Waals surface area (Å²) in [5.41, 5.74) is 1.05. The van der Waals surface area contributed by atoms with Crippen molar-refractivity contribution in [1.29, 1.82) is 0 Å².